The van der Waals surface area contributed by atoms with Crippen LogP contribution in [-0.2, 0) is 4.79 Å². The molecule has 0 saturated carbocycles. The number of hydrogen-bond donors (Lipinski definition) is 2. The van der Waals surface area contributed by atoms with E-state index in [9.17, 15) is 14.7 Å². The van der Waals surface area contributed by atoms with Gasteiger partial charge in [0.25, 0.3) is 5.56 Å². The van der Waals surface area contributed by atoms with Crippen molar-refractivity contribution in [3.05, 3.63) is 27.1 Å². The molecule has 0 saturated heterocycles. The number of nitrogens with zero attached hydrogens (tertiary/aromatic N) is 1. The van der Waals surface area contributed by atoms with Crippen LogP contribution in [0.5, 0.6) is 5.75 Å². The van der Waals surface area contributed by atoms with Gasteiger partial charge in [-0.05, 0) is 13.3 Å². The van der Waals surface area contributed by atoms with Gasteiger partial charge in [0.05, 0.1) is 16.4 Å². The highest BCUT2D eigenvalue weighted by Gasteiger charge is 2.12. The van der Waals surface area contributed by atoms with Crippen LogP contribution in [0.15, 0.2) is 15.9 Å². The lowest BCUT2D eigenvalue weighted by molar-refractivity contribution is -0.116. The Bertz CT molecular complexity index is 659. The third kappa shape index (κ3) is 8.22. The van der Waals surface area contributed by atoms with Crippen LogP contribution in [0, 0.1) is 11.8 Å². The number of rotatable bonds is 4. The Morgan fingerprint density at radius 2 is 1.87 bits per heavy atom. The molecule has 6 heteroatoms. The van der Waals surface area contributed by atoms with Crippen molar-refractivity contribution in [3.63, 3.8) is 0 Å². The van der Waals surface area contributed by atoms with Gasteiger partial charge < -0.3 is 14.9 Å². The number of ketones is 1. The molecule has 23 heavy (non-hydrogen) atoms. The summed E-state index contributed by atoms with van der Waals surface area (Å²) < 4.78 is 0. The number of nitrogens with one attached hydrogen (secondary N) is 1. The summed E-state index contributed by atoms with van der Waals surface area (Å²) in [6, 6.07) is 1.16. The molecule has 1 aromatic rings. The molecule has 0 aromatic carbocycles. The number of aromatic nitrogens is 1. The molecule has 0 radical (unpaired) electrons. The fraction of sp³-hybridized carbons (Fsp3) is 0.471. The standard InChI is InChI=1S/C11H13ClN2O3.C6H10/c1-6(15)3-4-8(13-2)10-7(12)5-9(16)11(17)14-10;1-3-5-6-4-2/h5,16H,3-4H2,1-2H3,(H,14,17);3-4H2,1-2H3. The predicted molar refractivity (Wildman–Crippen MR) is 94.5 cm³/mol. The van der Waals surface area contributed by atoms with Crippen molar-refractivity contribution in [1.82, 2.24) is 4.98 Å². The second-order valence-electron chi connectivity index (χ2n) is 4.64. The highest BCUT2D eigenvalue weighted by Crippen LogP contribution is 2.18. The zero-order chi connectivity index (χ0) is 17.8. The largest absolute Gasteiger partial charge is 0.503 e. The molecule has 126 valence electrons. The number of pyridine rings is 1. The minimum atomic E-state index is -0.631. The van der Waals surface area contributed by atoms with Crippen LogP contribution in [0.2, 0.25) is 5.02 Å². The summed E-state index contributed by atoms with van der Waals surface area (Å²) in [6.45, 7) is 5.60. The minimum absolute atomic E-state index is 0.0309. The molecule has 0 bridgehead atoms. The molecule has 1 aromatic heterocycles. The van der Waals surface area contributed by atoms with Crippen LogP contribution in [-0.4, -0.2) is 28.6 Å². The number of carbonyl (C=O) groups excluding carboxylic acids is 1. The number of hydrogen-bond acceptors (Lipinski definition) is 4. The minimum Gasteiger partial charge on any atom is -0.503 e. The normalized spacial score (nSPS) is 10.2. The number of aliphatic imine (C=N–C) groups is 1. The number of aromatic hydroxyl groups is 1. The Balaban J connectivity index is 0.000000688. The van der Waals surface area contributed by atoms with E-state index >= 15 is 0 Å². The van der Waals surface area contributed by atoms with E-state index in [0.29, 0.717) is 24.2 Å². The van der Waals surface area contributed by atoms with E-state index in [2.05, 4.69) is 35.7 Å². The summed E-state index contributed by atoms with van der Waals surface area (Å²) in [5.74, 6) is 5.48. The average Bonchev–Trinajstić information content (AvgIpc) is 2.51. The van der Waals surface area contributed by atoms with E-state index < -0.39 is 11.3 Å². The first-order valence-electron chi connectivity index (χ1n) is 7.40. The predicted octanol–water partition coefficient (Wildman–Crippen LogP) is 3.33. The van der Waals surface area contributed by atoms with Crippen molar-refractivity contribution in [1.29, 1.82) is 0 Å². The van der Waals surface area contributed by atoms with Crippen LogP contribution in [0.25, 0.3) is 0 Å². The van der Waals surface area contributed by atoms with Crippen molar-refractivity contribution in [2.75, 3.05) is 7.05 Å². The first-order chi connectivity index (χ1) is 10.9. The van der Waals surface area contributed by atoms with Gasteiger partial charge in [-0.3, -0.25) is 9.79 Å². The van der Waals surface area contributed by atoms with Gasteiger partial charge >= 0.3 is 0 Å². The zero-order valence-corrected chi connectivity index (χ0v) is 14.8. The summed E-state index contributed by atoms with van der Waals surface area (Å²) in [4.78, 5) is 28.6. The molecule has 0 aliphatic rings. The van der Waals surface area contributed by atoms with Crippen LogP contribution in [0.1, 0.15) is 52.1 Å². The maximum atomic E-state index is 11.3. The van der Waals surface area contributed by atoms with Crippen molar-refractivity contribution in [2.45, 2.75) is 46.5 Å². The van der Waals surface area contributed by atoms with Crippen molar-refractivity contribution < 1.29 is 9.90 Å². The van der Waals surface area contributed by atoms with Gasteiger partial charge in [0.15, 0.2) is 5.75 Å². The van der Waals surface area contributed by atoms with Gasteiger partial charge in [0, 0.05) is 32.4 Å². The van der Waals surface area contributed by atoms with E-state index in [1.165, 1.54) is 6.92 Å². The first kappa shape index (κ1) is 20.9. The molecule has 0 unspecified atom stereocenters. The third-order valence-corrected chi connectivity index (χ3v) is 3.02. The molecule has 0 aliphatic heterocycles. The number of H-pyrrole nitrogens is 1. The Morgan fingerprint density at radius 1 is 1.30 bits per heavy atom. The van der Waals surface area contributed by atoms with Gasteiger partial charge in [-0.15, -0.1) is 11.8 Å². The molecule has 5 nitrogen and oxygen atoms in total. The SMILES string of the molecule is CCC#CCC.CN=C(CCC(C)=O)c1[nH]c(=O)c(O)cc1Cl. The van der Waals surface area contributed by atoms with E-state index in [4.69, 9.17) is 11.6 Å². The Hall–Kier alpha value is -2.06. The molecular formula is C17H23ClN2O3. The summed E-state index contributed by atoms with van der Waals surface area (Å²) in [7, 11) is 1.55. The molecule has 1 heterocycles. The zero-order valence-electron chi connectivity index (χ0n) is 14.0. The van der Waals surface area contributed by atoms with Crippen molar-refractivity contribution in [3.8, 4) is 17.6 Å². The molecule has 0 fully saturated rings. The second-order valence-corrected chi connectivity index (χ2v) is 5.05. The average molecular weight is 339 g/mol. The summed E-state index contributed by atoms with van der Waals surface area (Å²) in [5.41, 5.74) is 0.244. The van der Waals surface area contributed by atoms with E-state index in [0.717, 1.165) is 18.9 Å². The van der Waals surface area contributed by atoms with Crippen LogP contribution in [0.4, 0.5) is 0 Å². The smallest absolute Gasteiger partial charge is 0.290 e. The molecule has 0 atom stereocenters. The van der Waals surface area contributed by atoms with Crippen molar-refractivity contribution >= 4 is 23.1 Å². The molecule has 0 amide bonds. The fourth-order valence-corrected chi connectivity index (χ4v) is 1.86. The van der Waals surface area contributed by atoms with Gasteiger partial charge in [-0.25, -0.2) is 0 Å². The molecule has 0 aliphatic carbocycles. The second kappa shape index (κ2) is 11.5. The maximum Gasteiger partial charge on any atom is 0.290 e. The number of Topliss-reactive ketones (excluding diaryl/α,β-unsaturated/α-hetero) is 1. The lowest BCUT2D eigenvalue weighted by Gasteiger charge is -2.07. The van der Waals surface area contributed by atoms with Crippen molar-refractivity contribution in [2.24, 2.45) is 4.99 Å². The molecule has 1 rings (SSSR count). The highest BCUT2D eigenvalue weighted by atomic mass is 35.5. The summed E-state index contributed by atoms with van der Waals surface area (Å²) >= 11 is 5.89. The van der Waals surface area contributed by atoms with Crippen LogP contribution >= 0.6 is 11.6 Å². The number of aromatic amines is 1. The first-order valence-corrected chi connectivity index (χ1v) is 7.78. The lowest BCUT2D eigenvalue weighted by Crippen LogP contribution is -2.14. The van der Waals surface area contributed by atoms with Gasteiger partial charge in [-0.2, -0.15) is 0 Å². The quantitative estimate of drug-likeness (QED) is 0.652. The monoisotopic (exact) mass is 338 g/mol. The Morgan fingerprint density at radius 3 is 2.30 bits per heavy atom. The molecule has 2 N–H and O–H groups in total. The van der Waals surface area contributed by atoms with E-state index in [1.54, 1.807) is 7.05 Å². The highest BCUT2D eigenvalue weighted by molar-refractivity contribution is 6.34. The maximum absolute atomic E-state index is 11.3. The van der Waals surface area contributed by atoms with E-state index in [-0.39, 0.29) is 10.8 Å². The van der Waals surface area contributed by atoms with Gasteiger partial charge in [0.1, 0.15) is 5.78 Å². The molecular weight excluding hydrogens is 316 g/mol. The Labute approximate surface area is 141 Å². The summed E-state index contributed by atoms with van der Waals surface area (Å²) in [6.07, 6.45) is 2.71. The lowest BCUT2D eigenvalue weighted by atomic mass is 10.1. The van der Waals surface area contributed by atoms with Crippen LogP contribution < -0.4 is 5.56 Å². The number of carbonyl (C=O) groups is 1. The topological polar surface area (TPSA) is 82.5 Å². The summed E-state index contributed by atoms with van der Waals surface area (Å²) in [5, 5.41) is 9.38. The van der Waals surface area contributed by atoms with Gasteiger partial charge in [-0.1, -0.05) is 25.4 Å². The fourth-order valence-electron chi connectivity index (χ4n) is 1.60. The number of halogens is 1. The Kier molecular flexibility index (Phi) is 10.5. The molecule has 0 spiro atoms. The van der Waals surface area contributed by atoms with Crippen LogP contribution in [0.3, 0.4) is 0 Å². The van der Waals surface area contributed by atoms with Gasteiger partial charge in [0.2, 0.25) is 0 Å². The third-order valence-electron chi connectivity index (χ3n) is 2.72. The van der Waals surface area contributed by atoms with E-state index in [1.807, 2.05) is 0 Å².